The third kappa shape index (κ3) is 3.34. The normalized spacial score (nSPS) is 15.7. The molecule has 1 aliphatic carbocycles. The first-order chi connectivity index (χ1) is 8.52. The number of halogens is 2. The Morgan fingerprint density at radius 2 is 2.11 bits per heavy atom. The van der Waals surface area contributed by atoms with E-state index in [1.54, 1.807) is 19.1 Å². The van der Waals surface area contributed by atoms with Gasteiger partial charge in [0.2, 0.25) is 0 Å². The number of rotatable bonds is 6. The molecule has 0 radical (unpaired) electrons. The Bertz CT molecular complexity index is 416. The second kappa shape index (κ2) is 5.12. The van der Waals surface area contributed by atoms with Gasteiger partial charge in [-0.05, 0) is 30.4 Å². The standard InChI is InChI=1S/C14H19F2NO/c1-2-7-14(15,16)9-18-13-8-11(17)5-6-12(13)10-3-4-10/h5-6,8,10H,2-4,7,9,17H2,1H3. The monoisotopic (exact) mass is 255 g/mol. The molecule has 0 unspecified atom stereocenters. The highest BCUT2D eigenvalue weighted by atomic mass is 19.3. The van der Waals surface area contributed by atoms with E-state index in [0.717, 1.165) is 18.4 Å². The molecule has 1 fully saturated rings. The summed E-state index contributed by atoms with van der Waals surface area (Å²) in [5.74, 6) is -1.78. The second-order valence-electron chi connectivity index (χ2n) is 4.97. The Balaban J connectivity index is 2.06. The first-order valence-corrected chi connectivity index (χ1v) is 6.42. The molecule has 0 spiro atoms. The number of alkyl halides is 2. The summed E-state index contributed by atoms with van der Waals surface area (Å²) in [6, 6.07) is 5.33. The van der Waals surface area contributed by atoms with Crippen LogP contribution < -0.4 is 10.5 Å². The molecule has 18 heavy (non-hydrogen) atoms. The maximum Gasteiger partial charge on any atom is 0.281 e. The lowest BCUT2D eigenvalue weighted by molar-refractivity contribution is -0.0482. The van der Waals surface area contributed by atoms with Gasteiger partial charge in [0.05, 0.1) is 0 Å². The fourth-order valence-electron chi connectivity index (χ4n) is 2.03. The van der Waals surface area contributed by atoms with Gasteiger partial charge in [-0.25, -0.2) is 8.78 Å². The van der Waals surface area contributed by atoms with Crippen molar-refractivity contribution in [3.63, 3.8) is 0 Å². The third-order valence-electron chi connectivity index (χ3n) is 3.11. The Morgan fingerprint density at radius 1 is 1.39 bits per heavy atom. The Morgan fingerprint density at radius 3 is 2.72 bits per heavy atom. The Kier molecular flexibility index (Phi) is 3.73. The van der Waals surface area contributed by atoms with E-state index in [9.17, 15) is 8.78 Å². The Labute approximate surface area is 106 Å². The number of hydrogen-bond acceptors (Lipinski definition) is 2. The van der Waals surface area contributed by atoms with Crippen LogP contribution in [0, 0.1) is 0 Å². The molecule has 0 aromatic heterocycles. The minimum Gasteiger partial charge on any atom is -0.487 e. The van der Waals surface area contributed by atoms with Crippen molar-refractivity contribution in [3.8, 4) is 5.75 Å². The van der Waals surface area contributed by atoms with E-state index in [1.165, 1.54) is 0 Å². The van der Waals surface area contributed by atoms with Gasteiger partial charge >= 0.3 is 0 Å². The lowest BCUT2D eigenvalue weighted by Crippen LogP contribution is -2.25. The van der Waals surface area contributed by atoms with Crippen molar-refractivity contribution in [2.24, 2.45) is 0 Å². The van der Waals surface area contributed by atoms with E-state index in [2.05, 4.69) is 0 Å². The van der Waals surface area contributed by atoms with E-state index in [4.69, 9.17) is 10.5 Å². The van der Waals surface area contributed by atoms with Crippen LogP contribution in [0.5, 0.6) is 5.75 Å². The predicted octanol–water partition coefficient (Wildman–Crippen LogP) is 3.96. The van der Waals surface area contributed by atoms with Gasteiger partial charge in [0.25, 0.3) is 5.92 Å². The van der Waals surface area contributed by atoms with Crippen molar-refractivity contribution in [1.29, 1.82) is 0 Å². The van der Waals surface area contributed by atoms with E-state index >= 15 is 0 Å². The number of ether oxygens (including phenoxy) is 1. The summed E-state index contributed by atoms with van der Waals surface area (Å²) < 4.78 is 32.1. The zero-order valence-corrected chi connectivity index (χ0v) is 10.6. The van der Waals surface area contributed by atoms with Crippen LogP contribution in [-0.2, 0) is 0 Å². The van der Waals surface area contributed by atoms with Crippen LogP contribution >= 0.6 is 0 Å². The van der Waals surface area contributed by atoms with Crippen molar-refractivity contribution in [3.05, 3.63) is 23.8 Å². The summed E-state index contributed by atoms with van der Waals surface area (Å²) in [6.45, 7) is 1.17. The molecule has 0 aliphatic heterocycles. The number of benzene rings is 1. The van der Waals surface area contributed by atoms with Crippen LogP contribution in [0.15, 0.2) is 18.2 Å². The summed E-state index contributed by atoms with van der Waals surface area (Å²) in [7, 11) is 0. The van der Waals surface area contributed by atoms with Crippen LogP contribution in [0.1, 0.15) is 44.1 Å². The largest absolute Gasteiger partial charge is 0.487 e. The topological polar surface area (TPSA) is 35.2 Å². The zero-order chi connectivity index (χ0) is 13.2. The SMILES string of the molecule is CCCC(F)(F)COc1cc(N)ccc1C1CC1. The minimum absolute atomic E-state index is 0.145. The van der Waals surface area contributed by atoms with E-state index in [0.29, 0.717) is 23.8 Å². The molecule has 4 heteroatoms. The molecular weight excluding hydrogens is 236 g/mol. The maximum atomic E-state index is 13.4. The van der Waals surface area contributed by atoms with Crippen LogP contribution in [0.25, 0.3) is 0 Å². The van der Waals surface area contributed by atoms with Crippen LogP contribution in [-0.4, -0.2) is 12.5 Å². The van der Waals surface area contributed by atoms with E-state index in [-0.39, 0.29) is 6.42 Å². The van der Waals surface area contributed by atoms with Gasteiger partial charge in [0.1, 0.15) is 5.75 Å². The first-order valence-electron chi connectivity index (χ1n) is 6.42. The molecule has 2 rings (SSSR count). The zero-order valence-electron chi connectivity index (χ0n) is 10.6. The maximum absolute atomic E-state index is 13.4. The molecule has 1 aromatic rings. The molecule has 0 amide bonds. The number of nitrogens with two attached hydrogens (primary N) is 1. The lowest BCUT2D eigenvalue weighted by Gasteiger charge is -2.18. The molecule has 0 bridgehead atoms. The number of hydrogen-bond donors (Lipinski definition) is 1. The third-order valence-corrected chi connectivity index (χ3v) is 3.11. The molecule has 0 atom stereocenters. The van der Waals surface area contributed by atoms with Crippen molar-refractivity contribution < 1.29 is 13.5 Å². The lowest BCUT2D eigenvalue weighted by atomic mass is 10.1. The molecule has 1 aliphatic rings. The molecule has 100 valence electrons. The van der Waals surface area contributed by atoms with Crippen LogP contribution in [0.3, 0.4) is 0 Å². The molecular formula is C14H19F2NO. The summed E-state index contributed by atoms with van der Waals surface area (Å²) in [6.07, 6.45) is 2.51. The summed E-state index contributed by atoms with van der Waals surface area (Å²) in [4.78, 5) is 0. The molecule has 1 saturated carbocycles. The van der Waals surface area contributed by atoms with E-state index < -0.39 is 12.5 Å². The fourth-order valence-corrected chi connectivity index (χ4v) is 2.03. The van der Waals surface area contributed by atoms with Crippen molar-refractivity contribution >= 4 is 5.69 Å². The van der Waals surface area contributed by atoms with E-state index in [1.807, 2.05) is 6.07 Å². The highest BCUT2D eigenvalue weighted by molar-refractivity contribution is 5.50. The first kappa shape index (κ1) is 13.1. The average molecular weight is 255 g/mol. The van der Waals surface area contributed by atoms with Crippen molar-refractivity contribution in [1.82, 2.24) is 0 Å². The van der Waals surface area contributed by atoms with Gasteiger partial charge in [0.15, 0.2) is 6.61 Å². The smallest absolute Gasteiger partial charge is 0.281 e. The Hall–Kier alpha value is -1.32. The van der Waals surface area contributed by atoms with Gasteiger partial charge in [-0.2, -0.15) is 0 Å². The second-order valence-corrected chi connectivity index (χ2v) is 4.97. The quantitative estimate of drug-likeness (QED) is 0.781. The minimum atomic E-state index is -2.76. The highest BCUT2D eigenvalue weighted by Gasteiger charge is 2.31. The van der Waals surface area contributed by atoms with Crippen molar-refractivity contribution in [2.75, 3.05) is 12.3 Å². The van der Waals surface area contributed by atoms with Gasteiger partial charge in [-0.15, -0.1) is 0 Å². The van der Waals surface area contributed by atoms with Gasteiger partial charge in [-0.1, -0.05) is 19.4 Å². The highest BCUT2D eigenvalue weighted by Crippen LogP contribution is 2.45. The summed E-state index contributed by atoms with van der Waals surface area (Å²) in [5.41, 5.74) is 7.24. The van der Waals surface area contributed by atoms with Crippen LogP contribution in [0.4, 0.5) is 14.5 Å². The number of anilines is 1. The van der Waals surface area contributed by atoms with Crippen LogP contribution in [0.2, 0.25) is 0 Å². The molecule has 2 nitrogen and oxygen atoms in total. The molecule has 0 saturated heterocycles. The summed E-state index contributed by atoms with van der Waals surface area (Å²) >= 11 is 0. The van der Waals surface area contributed by atoms with Gasteiger partial charge in [-0.3, -0.25) is 0 Å². The van der Waals surface area contributed by atoms with Crippen molar-refractivity contribution in [2.45, 2.75) is 44.4 Å². The fraction of sp³-hybridized carbons (Fsp3) is 0.571. The predicted molar refractivity (Wildman–Crippen MR) is 68.2 cm³/mol. The molecule has 2 N–H and O–H groups in total. The van der Waals surface area contributed by atoms with Gasteiger partial charge < -0.3 is 10.5 Å². The molecule has 0 heterocycles. The summed E-state index contributed by atoms with van der Waals surface area (Å²) in [5, 5.41) is 0. The van der Waals surface area contributed by atoms with Gasteiger partial charge in [0, 0.05) is 18.2 Å². The average Bonchev–Trinajstić information content (AvgIpc) is 3.10. The molecule has 1 aromatic carbocycles. The number of nitrogen functional groups attached to an aromatic ring is 1.